The normalized spacial score (nSPS) is 14.9. The fourth-order valence-corrected chi connectivity index (χ4v) is 5.75. The predicted molar refractivity (Wildman–Crippen MR) is 126 cm³/mol. The van der Waals surface area contributed by atoms with Crippen molar-refractivity contribution in [3.63, 3.8) is 0 Å². The molecule has 1 aliphatic heterocycles. The van der Waals surface area contributed by atoms with Crippen LogP contribution in [0.25, 0.3) is 11.4 Å². The topological polar surface area (TPSA) is 108 Å². The molecule has 12 heteroatoms. The number of piperazine rings is 1. The van der Waals surface area contributed by atoms with Gasteiger partial charge in [0.15, 0.2) is 5.82 Å². The number of thioether (sulfide) groups is 1. The second-order valence-corrected chi connectivity index (χ2v) is 10.5. The average molecular weight is 508 g/mol. The Morgan fingerprint density at radius 2 is 1.88 bits per heavy atom. The molecule has 1 fully saturated rings. The molecule has 33 heavy (non-hydrogen) atoms. The molecule has 1 aliphatic rings. The van der Waals surface area contributed by atoms with Crippen LogP contribution in [0.2, 0.25) is 5.02 Å². The first-order valence-corrected chi connectivity index (χ1v) is 12.9. The number of sulfonamides is 1. The predicted octanol–water partition coefficient (Wildman–Crippen LogP) is 2.76. The fourth-order valence-electron chi connectivity index (χ4n) is 3.43. The van der Waals surface area contributed by atoms with Crippen LogP contribution in [0, 0.1) is 0 Å². The zero-order chi connectivity index (χ0) is 23.4. The zero-order valence-corrected chi connectivity index (χ0v) is 20.2. The molecule has 3 aromatic rings. The Bertz CT molecular complexity index is 1230. The first kappa shape index (κ1) is 23.6. The van der Waals surface area contributed by atoms with Crippen molar-refractivity contribution in [1.29, 1.82) is 0 Å². The number of aromatic amines is 1. The Balaban J connectivity index is 1.32. The molecule has 1 saturated heterocycles. The van der Waals surface area contributed by atoms with E-state index in [9.17, 15) is 13.2 Å². The van der Waals surface area contributed by atoms with E-state index in [1.54, 1.807) is 60.5 Å². The Kier molecular flexibility index (Phi) is 7.23. The lowest BCUT2D eigenvalue weighted by Crippen LogP contribution is -2.50. The lowest BCUT2D eigenvalue weighted by atomic mass is 10.2. The molecule has 0 saturated carbocycles. The molecule has 0 atom stereocenters. The number of ether oxygens (including phenoxy) is 1. The van der Waals surface area contributed by atoms with Gasteiger partial charge < -0.3 is 9.64 Å². The maximum atomic E-state index is 12.7. The van der Waals surface area contributed by atoms with Crippen molar-refractivity contribution in [2.24, 2.45) is 0 Å². The van der Waals surface area contributed by atoms with Gasteiger partial charge in [-0.05, 0) is 30.3 Å². The maximum Gasteiger partial charge on any atom is 0.243 e. The number of rotatable bonds is 7. The largest absolute Gasteiger partial charge is 0.496 e. The van der Waals surface area contributed by atoms with Crippen LogP contribution in [0.5, 0.6) is 5.75 Å². The molecule has 174 valence electrons. The van der Waals surface area contributed by atoms with Crippen LogP contribution in [0.1, 0.15) is 0 Å². The van der Waals surface area contributed by atoms with Crippen molar-refractivity contribution in [3.05, 3.63) is 53.6 Å². The Morgan fingerprint density at radius 1 is 1.15 bits per heavy atom. The van der Waals surface area contributed by atoms with Gasteiger partial charge in [0.25, 0.3) is 0 Å². The van der Waals surface area contributed by atoms with Crippen LogP contribution in [0.15, 0.2) is 58.6 Å². The van der Waals surface area contributed by atoms with Crippen molar-refractivity contribution < 1.29 is 17.9 Å². The average Bonchev–Trinajstić information content (AvgIpc) is 3.32. The molecule has 9 nitrogen and oxygen atoms in total. The van der Waals surface area contributed by atoms with E-state index in [0.717, 1.165) is 0 Å². The highest BCUT2D eigenvalue weighted by atomic mass is 35.5. The highest BCUT2D eigenvalue weighted by Crippen LogP contribution is 2.31. The second-order valence-electron chi connectivity index (χ2n) is 7.20. The standard InChI is InChI=1S/C21H22ClN5O4S2/c1-31-18-8-7-15(22)13-17(18)20-23-21(25-24-20)32-14-19(28)26-9-11-27(12-10-26)33(29,30)16-5-3-2-4-6-16/h2-8,13H,9-12,14H2,1H3,(H,23,24,25). The molecule has 0 bridgehead atoms. The van der Waals surface area contributed by atoms with Crippen molar-refractivity contribution in [1.82, 2.24) is 24.4 Å². The summed E-state index contributed by atoms with van der Waals surface area (Å²) < 4.78 is 32.2. The number of halogens is 1. The number of carbonyl (C=O) groups excluding carboxylic acids is 1. The summed E-state index contributed by atoms with van der Waals surface area (Å²) in [5.41, 5.74) is 0.673. The number of methoxy groups -OCH3 is 1. The maximum absolute atomic E-state index is 12.7. The molecule has 1 amide bonds. The van der Waals surface area contributed by atoms with E-state index in [0.29, 0.717) is 40.4 Å². The van der Waals surface area contributed by atoms with Crippen LogP contribution in [-0.2, 0) is 14.8 Å². The van der Waals surface area contributed by atoms with Crippen molar-refractivity contribution in [3.8, 4) is 17.1 Å². The minimum absolute atomic E-state index is 0.0940. The molecule has 4 rings (SSSR count). The van der Waals surface area contributed by atoms with E-state index < -0.39 is 10.0 Å². The molecule has 2 aromatic carbocycles. The summed E-state index contributed by atoms with van der Waals surface area (Å²) in [5.74, 6) is 1.15. The first-order chi connectivity index (χ1) is 15.9. The number of benzene rings is 2. The molecule has 0 spiro atoms. The molecule has 0 unspecified atom stereocenters. The Hall–Kier alpha value is -2.60. The van der Waals surface area contributed by atoms with Crippen molar-refractivity contribution in [2.75, 3.05) is 39.0 Å². The summed E-state index contributed by atoms with van der Waals surface area (Å²) in [5, 5.41) is 7.97. The first-order valence-electron chi connectivity index (χ1n) is 10.1. The van der Waals surface area contributed by atoms with E-state index in [-0.39, 0.29) is 29.6 Å². The number of nitrogens with zero attached hydrogens (tertiary/aromatic N) is 4. The van der Waals surface area contributed by atoms with E-state index in [2.05, 4.69) is 15.2 Å². The van der Waals surface area contributed by atoms with Crippen LogP contribution in [0.4, 0.5) is 0 Å². The van der Waals surface area contributed by atoms with Crippen molar-refractivity contribution in [2.45, 2.75) is 10.1 Å². The number of H-pyrrole nitrogens is 1. The monoisotopic (exact) mass is 507 g/mol. The van der Waals surface area contributed by atoms with Gasteiger partial charge in [-0.25, -0.2) is 13.4 Å². The number of aromatic nitrogens is 3. The molecule has 0 aliphatic carbocycles. The third kappa shape index (κ3) is 5.32. The fraction of sp³-hybridized carbons (Fsp3) is 0.286. The van der Waals surface area contributed by atoms with Crippen molar-refractivity contribution >= 4 is 39.3 Å². The molecular formula is C21H22ClN5O4S2. The summed E-state index contributed by atoms with van der Waals surface area (Å²) in [7, 11) is -1.99. The Morgan fingerprint density at radius 3 is 2.58 bits per heavy atom. The summed E-state index contributed by atoms with van der Waals surface area (Å²) in [6, 6.07) is 13.5. The minimum Gasteiger partial charge on any atom is -0.496 e. The Labute approximate surface area is 201 Å². The molecule has 1 N–H and O–H groups in total. The van der Waals surface area contributed by atoms with Gasteiger partial charge >= 0.3 is 0 Å². The van der Waals surface area contributed by atoms with Gasteiger partial charge in [-0.3, -0.25) is 9.89 Å². The second kappa shape index (κ2) is 10.1. The highest BCUT2D eigenvalue weighted by Gasteiger charge is 2.30. The van der Waals surface area contributed by atoms with Crippen LogP contribution in [-0.4, -0.2) is 77.8 Å². The number of carbonyl (C=O) groups is 1. The molecular weight excluding hydrogens is 486 g/mol. The van der Waals surface area contributed by atoms with Crippen LogP contribution >= 0.6 is 23.4 Å². The van der Waals surface area contributed by atoms with Gasteiger partial charge in [0.2, 0.25) is 21.1 Å². The smallest absolute Gasteiger partial charge is 0.243 e. The summed E-state index contributed by atoms with van der Waals surface area (Å²) in [6.45, 7) is 1.19. The lowest BCUT2D eigenvalue weighted by molar-refractivity contribution is -0.129. The number of hydrogen-bond donors (Lipinski definition) is 1. The van der Waals surface area contributed by atoms with E-state index >= 15 is 0 Å². The SMILES string of the molecule is COc1ccc(Cl)cc1-c1nc(SCC(=O)N2CCN(S(=O)(=O)c3ccccc3)CC2)n[nH]1. The lowest BCUT2D eigenvalue weighted by Gasteiger charge is -2.33. The summed E-state index contributed by atoms with van der Waals surface area (Å²) in [4.78, 5) is 19.0. The molecule has 0 radical (unpaired) electrons. The third-order valence-electron chi connectivity index (χ3n) is 5.18. The molecule has 2 heterocycles. The van der Waals surface area contributed by atoms with Gasteiger partial charge in [0.05, 0.1) is 23.3 Å². The molecule has 1 aromatic heterocycles. The van der Waals surface area contributed by atoms with Crippen LogP contribution < -0.4 is 4.74 Å². The van der Waals surface area contributed by atoms with Gasteiger partial charge in [0, 0.05) is 31.2 Å². The van der Waals surface area contributed by atoms with Gasteiger partial charge in [-0.2, -0.15) is 4.31 Å². The zero-order valence-electron chi connectivity index (χ0n) is 17.8. The van der Waals surface area contributed by atoms with E-state index in [4.69, 9.17) is 16.3 Å². The quantitative estimate of drug-likeness (QED) is 0.490. The van der Waals surface area contributed by atoms with E-state index in [1.165, 1.54) is 16.1 Å². The number of nitrogens with one attached hydrogen (secondary N) is 1. The number of amides is 1. The van der Waals surface area contributed by atoms with Gasteiger partial charge in [-0.1, -0.05) is 41.6 Å². The summed E-state index contributed by atoms with van der Waals surface area (Å²) in [6.07, 6.45) is 0. The van der Waals surface area contributed by atoms with Gasteiger partial charge in [-0.15, -0.1) is 5.10 Å². The summed E-state index contributed by atoms with van der Waals surface area (Å²) >= 11 is 7.29. The minimum atomic E-state index is -3.55. The highest BCUT2D eigenvalue weighted by molar-refractivity contribution is 7.99. The number of hydrogen-bond acceptors (Lipinski definition) is 7. The third-order valence-corrected chi connectivity index (χ3v) is 8.16. The van der Waals surface area contributed by atoms with E-state index in [1.807, 2.05) is 0 Å². The van der Waals surface area contributed by atoms with Gasteiger partial charge in [0.1, 0.15) is 5.75 Å². The van der Waals surface area contributed by atoms with Crippen LogP contribution in [0.3, 0.4) is 0 Å².